The van der Waals surface area contributed by atoms with Gasteiger partial charge in [0.05, 0.1) is 29.0 Å². The van der Waals surface area contributed by atoms with Crippen LogP contribution >= 0.6 is 11.6 Å². The first-order valence-corrected chi connectivity index (χ1v) is 9.13. The van der Waals surface area contributed by atoms with Gasteiger partial charge in [-0.1, -0.05) is 41.9 Å². The molecule has 0 radical (unpaired) electrons. The normalized spacial score (nSPS) is 11.9. The van der Waals surface area contributed by atoms with Crippen molar-refractivity contribution in [2.24, 2.45) is 0 Å². The number of carboxylic acid groups (broad SMARTS) is 1. The number of hydrogen-bond acceptors (Lipinski definition) is 6. The summed E-state index contributed by atoms with van der Waals surface area (Å²) in [4.78, 5) is 36.2. The largest absolute Gasteiger partial charge is 0.548 e. The number of carbonyl (C=O) groups is 2. The molecule has 0 fully saturated rings. The van der Waals surface area contributed by atoms with Crippen LogP contribution in [0.4, 0.5) is 0 Å². The Balaban J connectivity index is 1.84. The van der Waals surface area contributed by atoms with E-state index in [0.29, 0.717) is 10.9 Å². The Morgan fingerprint density at radius 3 is 2.59 bits per heavy atom. The minimum atomic E-state index is -1.42. The summed E-state index contributed by atoms with van der Waals surface area (Å²) in [5.41, 5.74) is 0.642. The molecule has 0 aliphatic carbocycles. The van der Waals surface area contributed by atoms with Gasteiger partial charge in [0.15, 0.2) is 0 Å². The van der Waals surface area contributed by atoms with E-state index in [4.69, 9.17) is 16.0 Å². The summed E-state index contributed by atoms with van der Waals surface area (Å²) in [5.74, 6) is -2.31. The highest BCUT2D eigenvalue weighted by Crippen LogP contribution is 2.30. The molecule has 3 aromatic rings. The lowest BCUT2D eigenvalue weighted by Crippen LogP contribution is -2.49. The first-order chi connectivity index (χ1) is 13.8. The lowest BCUT2D eigenvalue weighted by Gasteiger charge is -2.20. The Hall–Kier alpha value is -3.32. The van der Waals surface area contributed by atoms with Crippen LogP contribution < -0.4 is 16.0 Å². The van der Waals surface area contributed by atoms with Gasteiger partial charge in [-0.05, 0) is 30.5 Å². The number of hydrogen-bond donors (Lipinski definition) is 2. The highest BCUT2D eigenvalue weighted by molar-refractivity contribution is 6.32. The summed E-state index contributed by atoms with van der Waals surface area (Å²) in [5, 5.41) is 24.0. The fourth-order valence-electron chi connectivity index (χ4n) is 3.05. The van der Waals surface area contributed by atoms with Crippen LogP contribution in [0.15, 0.2) is 51.7 Å². The van der Waals surface area contributed by atoms with Gasteiger partial charge >= 0.3 is 5.63 Å². The van der Waals surface area contributed by atoms with Crippen LogP contribution in [0.1, 0.15) is 16.7 Å². The molecule has 0 aliphatic heterocycles. The van der Waals surface area contributed by atoms with Gasteiger partial charge in [0.2, 0.25) is 5.91 Å². The number of aromatic hydroxyl groups is 1. The number of phenols is 1. The van der Waals surface area contributed by atoms with Gasteiger partial charge in [-0.2, -0.15) is 0 Å². The molecule has 0 spiro atoms. The first kappa shape index (κ1) is 20.4. The second-order valence-electron chi connectivity index (χ2n) is 6.60. The zero-order valence-corrected chi connectivity index (χ0v) is 16.2. The predicted molar refractivity (Wildman–Crippen MR) is 105 cm³/mol. The molecule has 29 heavy (non-hydrogen) atoms. The van der Waals surface area contributed by atoms with Gasteiger partial charge in [0.1, 0.15) is 11.3 Å². The van der Waals surface area contributed by atoms with E-state index >= 15 is 0 Å². The number of fused-ring (bicyclic) bond motifs is 1. The fourth-order valence-corrected chi connectivity index (χ4v) is 3.21. The number of aliphatic carboxylic acids is 1. The van der Waals surface area contributed by atoms with Gasteiger partial charge in [0.25, 0.3) is 0 Å². The minimum absolute atomic E-state index is 0.0507. The van der Waals surface area contributed by atoms with Crippen molar-refractivity contribution in [1.29, 1.82) is 0 Å². The SMILES string of the molecule is Cc1c(CC(=O)N[C@@H](Cc2ccccc2)C(=O)[O-])c(=O)oc2cc(O)c(Cl)cc12. The number of benzene rings is 2. The summed E-state index contributed by atoms with van der Waals surface area (Å²) in [6, 6.07) is 10.2. The van der Waals surface area contributed by atoms with Crippen molar-refractivity contribution in [2.75, 3.05) is 0 Å². The molecule has 2 aromatic carbocycles. The first-order valence-electron chi connectivity index (χ1n) is 8.75. The number of amides is 1. The van der Waals surface area contributed by atoms with Crippen molar-refractivity contribution in [2.45, 2.75) is 25.8 Å². The van der Waals surface area contributed by atoms with Crippen molar-refractivity contribution in [3.05, 3.63) is 74.6 Å². The zero-order valence-electron chi connectivity index (χ0n) is 15.4. The quantitative estimate of drug-likeness (QED) is 0.589. The van der Waals surface area contributed by atoms with E-state index in [0.717, 1.165) is 5.56 Å². The number of carbonyl (C=O) groups excluding carboxylic acids is 2. The van der Waals surface area contributed by atoms with Crippen LogP contribution in [-0.2, 0) is 22.4 Å². The molecule has 2 N–H and O–H groups in total. The van der Waals surface area contributed by atoms with Gasteiger partial charge in [-0.25, -0.2) is 4.79 Å². The zero-order chi connectivity index (χ0) is 21.1. The molecule has 7 nitrogen and oxygen atoms in total. The number of halogens is 1. The maximum absolute atomic E-state index is 12.4. The molecule has 0 bridgehead atoms. The molecule has 1 atom stereocenters. The molecule has 8 heteroatoms. The molecule has 1 aromatic heterocycles. The molecular formula is C21H17ClNO6-. The monoisotopic (exact) mass is 414 g/mol. The van der Waals surface area contributed by atoms with E-state index < -0.39 is 23.5 Å². The molecule has 0 unspecified atom stereocenters. The average Bonchev–Trinajstić information content (AvgIpc) is 2.67. The molecule has 0 aliphatic rings. The minimum Gasteiger partial charge on any atom is -0.548 e. The van der Waals surface area contributed by atoms with Crippen LogP contribution in [0.3, 0.4) is 0 Å². The number of nitrogens with one attached hydrogen (secondary N) is 1. The van der Waals surface area contributed by atoms with Crippen molar-refractivity contribution in [3.8, 4) is 5.75 Å². The van der Waals surface area contributed by atoms with Gasteiger partial charge in [-0.15, -0.1) is 0 Å². The third kappa shape index (κ3) is 4.57. The third-order valence-electron chi connectivity index (χ3n) is 4.59. The van der Waals surface area contributed by atoms with Crippen molar-refractivity contribution in [1.82, 2.24) is 5.32 Å². The van der Waals surface area contributed by atoms with Crippen molar-refractivity contribution < 1.29 is 24.2 Å². The number of rotatable bonds is 6. The van der Waals surface area contributed by atoms with Crippen LogP contribution in [0.25, 0.3) is 11.0 Å². The molecular weight excluding hydrogens is 398 g/mol. The third-order valence-corrected chi connectivity index (χ3v) is 4.90. The molecule has 1 heterocycles. The summed E-state index contributed by atoms with van der Waals surface area (Å²) in [6.45, 7) is 1.62. The summed E-state index contributed by atoms with van der Waals surface area (Å²) >= 11 is 5.92. The molecule has 0 saturated heterocycles. The van der Waals surface area contributed by atoms with E-state index in [2.05, 4.69) is 5.32 Å². The van der Waals surface area contributed by atoms with Gasteiger partial charge in [-0.3, -0.25) is 4.79 Å². The van der Waals surface area contributed by atoms with Crippen molar-refractivity contribution in [3.63, 3.8) is 0 Å². The second kappa shape index (κ2) is 8.36. The van der Waals surface area contributed by atoms with E-state index in [1.54, 1.807) is 37.3 Å². The lowest BCUT2D eigenvalue weighted by atomic mass is 10.0. The number of phenolic OH excluding ortho intramolecular Hbond substituents is 1. The second-order valence-corrected chi connectivity index (χ2v) is 7.01. The lowest BCUT2D eigenvalue weighted by molar-refractivity contribution is -0.308. The highest BCUT2D eigenvalue weighted by atomic mass is 35.5. The Bertz CT molecular complexity index is 1140. The summed E-state index contributed by atoms with van der Waals surface area (Å²) in [7, 11) is 0. The van der Waals surface area contributed by atoms with Crippen LogP contribution in [0.5, 0.6) is 5.75 Å². The summed E-state index contributed by atoms with van der Waals surface area (Å²) < 4.78 is 5.18. The molecule has 0 saturated carbocycles. The molecule has 3 rings (SSSR count). The average molecular weight is 415 g/mol. The Labute approximate surface area is 170 Å². The van der Waals surface area contributed by atoms with E-state index in [9.17, 15) is 24.6 Å². The van der Waals surface area contributed by atoms with Gasteiger partial charge < -0.3 is 24.7 Å². The highest BCUT2D eigenvalue weighted by Gasteiger charge is 2.19. The maximum Gasteiger partial charge on any atom is 0.340 e. The fraction of sp³-hybridized carbons (Fsp3) is 0.190. The standard InChI is InChI=1S/C21H18ClNO6/c1-11-13-8-15(22)17(24)10-18(13)29-21(28)14(11)9-19(25)23-16(20(26)27)7-12-5-3-2-4-6-12/h2-6,8,10,16,24H,7,9H2,1H3,(H,23,25)(H,26,27)/p-1/t16-/m0/s1. The molecule has 150 valence electrons. The topological polar surface area (TPSA) is 120 Å². The van der Waals surface area contributed by atoms with Gasteiger partial charge in [0, 0.05) is 11.5 Å². The van der Waals surface area contributed by atoms with Crippen LogP contribution in [0, 0.1) is 6.92 Å². The van der Waals surface area contributed by atoms with Crippen LogP contribution in [-0.4, -0.2) is 23.0 Å². The van der Waals surface area contributed by atoms with Crippen LogP contribution in [0.2, 0.25) is 5.02 Å². The smallest absolute Gasteiger partial charge is 0.340 e. The number of carboxylic acids is 1. The Morgan fingerprint density at radius 2 is 1.93 bits per heavy atom. The van der Waals surface area contributed by atoms with E-state index in [1.807, 2.05) is 0 Å². The van der Waals surface area contributed by atoms with Crippen molar-refractivity contribution >= 4 is 34.4 Å². The maximum atomic E-state index is 12.4. The summed E-state index contributed by atoms with van der Waals surface area (Å²) in [6.07, 6.45) is -0.323. The Kier molecular flexibility index (Phi) is 5.89. The molecule has 1 amide bonds. The predicted octanol–water partition coefficient (Wildman–Crippen LogP) is 1.48. The number of aryl methyl sites for hydroxylation is 1. The van der Waals surface area contributed by atoms with E-state index in [1.165, 1.54) is 12.1 Å². The van der Waals surface area contributed by atoms with E-state index in [-0.39, 0.29) is 34.8 Å². The Morgan fingerprint density at radius 1 is 1.24 bits per heavy atom.